The first kappa shape index (κ1) is 15.3. The van der Waals surface area contributed by atoms with Gasteiger partial charge in [-0.3, -0.25) is 9.69 Å². The molecule has 2 nitrogen and oxygen atoms in total. The number of carbonyl (C=O) groups is 1. The number of likely N-dealkylation sites (tertiary alicyclic amines) is 1. The maximum Gasteiger partial charge on any atom is 0.149 e. The fourth-order valence-corrected chi connectivity index (χ4v) is 5.35. The number of Topliss-reactive ketones (excluding diaryl/α,β-unsaturated/α-hetero) is 1. The van der Waals surface area contributed by atoms with E-state index < -0.39 is 0 Å². The van der Waals surface area contributed by atoms with Gasteiger partial charge in [0.25, 0.3) is 0 Å². The molecule has 3 fully saturated rings. The Bertz CT molecular complexity index is 336. The number of hydrogen-bond acceptors (Lipinski definition) is 2. The highest BCUT2D eigenvalue weighted by Gasteiger charge is 2.35. The standard InChI is InChI=1S/C17H28INO/c18-15-9-7-14(8-10-15)17(20)12-19-11-3-5-13-4-1-2-6-16(13)19/h13-16H,1-12H2. The van der Waals surface area contributed by atoms with Crippen molar-refractivity contribution in [3.63, 3.8) is 0 Å². The molecule has 0 radical (unpaired) electrons. The van der Waals surface area contributed by atoms with Gasteiger partial charge in [-0.2, -0.15) is 0 Å². The van der Waals surface area contributed by atoms with Crippen LogP contribution in [0.1, 0.15) is 64.2 Å². The van der Waals surface area contributed by atoms with Crippen molar-refractivity contribution < 1.29 is 4.79 Å². The fraction of sp³-hybridized carbons (Fsp3) is 0.941. The number of carbonyl (C=O) groups excluding carboxylic acids is 1. The molecule has 0 spiro atoms. The summed E-state index contributed by atoms with van der Waals surface area (Å²) in [4.78, 5) is 15.2. The number of nitrogens with zero attached hydrogens (tertiary/aromatic N) is 1. The van der Waals surface area contributed by atoms with Gasteiger partial charge in [-0.25, -0.2) is 0 Å². The van der Waals surface area contributed by atoms with Gasteiger partial charge in [0.1, 0.15) is 5.78 Å². The number of fused-ring (bicyclic) bond motifs is 1. The molecule has 20 heavy (non-hydrogen) atoms. The van der Waals surface area contributed by atoms with E-state index in [0.29, 0.717) is 11.7 Å². The third-order valence-electron chi connectivity index (χ3n) is 5.83. The van der Waals surface area contributed by atoms with Crippen LogP contribution in [-0.4, -0.2) is 33.7 Å². The molecule has 0 amide bonds. The minimum Gasteiger partial charge on any atom is -0.298 e. The fourth-order valence-electron chi connectivity index (χ4n) is 4.63. The number of ketones is 1. The maximum absolute atomic E-state index is 12.6. The van der Waals surface area contributed by atoms with E-state index in [1.807, 2.05) is 0 Å². The molecule has 3 aliphatic rings. The lowest BCUT2D eigenvalue weighted by Crippen LogP contribution is -2.49. The molecule has 0 aromatic heterocycles. The minimum absolute atomic E-state index is 0.380. The zero-order valence-electron chi connectivity index (χ0n) is 12.5. The largest absolute Gasteiger partial charge is 0.298 e. The summed E-state index contributed by atoms with van der Waals surface area (Å²) in [5.74, 6) is 1.83. The van der Waals surface area contributed by atoms with Crippen LogP contribution < -0.4 is 0 Å². The van der Waals surface area contributed by atoms with Gasteiger partial charge in [-0.15, -0.1) is 0 Å². The second-order valence-electron chi connectivity index (χ2n) is 7.14. The van der Waals surface area contributed by atoms with Gasteiger partial charge in [0.05, 0.1) is 6.54 Å². The summed E-state index contributed by atoms with van der Waals surface area (Å²) >= 11 is 2.55. The van der Waals surface area contributed by atoms with Crippen LogP contribution in [0.4, 0.5) is 0 Å². The number of rotatable bonds is 3. The summed E-state index contributed by atoms with van der Waals surface area (Å²) in [6.45, 7) is 1.94. The Morgan fingerprint density at radius 1 is 0.950 bits per heavy atom. The highest BCUT2D eigenvalue weighted by molar-refractivity contribution is 14.1. The van der Waals surface area contributed by atoms with E-state index in [9.17, 15) is 4.79 Å². The molecular weight excluding hydrogens is 361 g/mol. The number of halogens is 1. The van der Waals surface area contributed by atoms with Crippen LogP contribution in [0.25, 0.3) is 0 Å². The van der Waals surface area contributed by atoms with Crippen LogP contribution in [0.5, 0.6) is 0 Å². The molecular formula is C17H28INO. The molecule has 2 aliphatic carbocycles. The smallest absolute Gasteiger partial charge is 0.149 e. The van der Waals surface area contributed by atoms with Gasteiger partial charge in [-0.1, -0.05) is 35.4 Å². The Balaban J connectivity index is 1.54. The van der Waals surface area contributed by atoms with E-state index in [-0.39, 0.29) is 0 Å². The second-order valence-corrected chi connectivity index (χ2v) is 8.90. The molecule has 1 heterocycles. The van der Waals surface area contributed by atoms with Crippen LogP contribution in [0, 0.1) is 11.8 Å². The van der Waals surface area contributed by atoms with Crippen molar-refractivity contribution >= 4 is 28.4 Å². The summed E-state index contributed by atoms with van der Waals surface area (Å²) in [6.07, 6.45) is 13.1. The quantitative estimate of drug-likeness (QED) is 0.533. The van der Waals surface area contributed by atoms with Crippen molar-refractivity contribution in [1.29, 1.82) is 0 Å². The summed E-state index contributed by atoms with van der Waals surface area (Å²) < 4.78 is 0.814. The van der Waals surface area contributed by atoms with E-state index in [1.165, 1.54) is 57.9 Å². The van der Waals surface area contributed by atoms with Crippen molar-refractivity contribution in [1.82, 2.24) is 4.90 Å². The number of piperidine rings is 1. The van der Waals surface area contributed by atoms with Crippen molar-refractivity contribution in [3.05, 3.63) is 0 Å². The predicted molar refractivity (Wildman–Crippen MR) is 91.3 cm³/mol. The second kappa shape index (κ2) is 7.08. The van der Waals surface area contributed by atoms with E-state index in [4.69, 9.17) is 0 Å². The van der Waals surface area contributed by atoms with Crippen LogP contribution in [0.15, 0.2) is 0 Å². The van der Waals surface area contributed by atoms with Crippen LogP contribution in [0.2, 0.25) is 0 Å². The summed E-state index contributed by atoms with van der Waals surface area (Å²) in [7, 11) is 0. The van der Waals surface area contributed by atoms with Gasteiger partial charge < -0.3 is 0 Å². The van der Waals surface area contributed by atoms with E-state index in [0.717, 1.165) is 35.3 Å². The third kappa shape index (κ3) is 3.57. The molecule has 114 valence electrons. The summed E-state index contributed by atoms with van der Waals surface area (Å²) in [6, 6.07) is 0.738. The third-order valence-corrected chi connectivity index (χ3v) is 7.07. The molecule has 2 unspecified atom stereocenters. The SMILES string of the molecule is O=C(CN1CCCC2CCCCC21)C1CCC(I)CC1. The first-order chi connectivity index (χ1) is 9.74. The molecule has 2 saturated carbocycles. The number of alkyl halides is 1. The molecule has 0 aromatic rings. The lowest BCUT2D eigenvalue weighted by Gasteiger charge is -2.44. The van der Waals surface area contributed by atoms with Gasteiger partial charge in [0, 0.05) is 15.9 Å². The van der Waals surface area contributed by atoms with Crippen molar-refractivity contribution in [2.45, 2.75) is 74.2 Å². The molecule has 1 saturated heterocycles. The minimum atomic E-state index is 0.380. The summed E-state index contributed by atoms with van der Waals surface area (Å²) in [5, 5.41) is 0. The van der Waals surface area contributed by atoms with Crippen LogP contribution in [0.3, 0.4) is 0 Å². The predicted octanol–water partition coefficient (Wildman–Crippen LogP) is 4.20. The van der Waals surface area contributed by atoms with Gasteiger partial charge >= 0.3 is 0 Å². The average molecular weight is 389 g/mol. The molecule has 1 aliphatic heterocycles. The van der Waals surface area contributed by atoms with Gasteiger partial charge in [-0.05, 0) is 63.8 Å². The van der Waals surface area contributed by atoms with E-state index in [1.54, 1.807) is 0 Å². The molecule has 0 aromatic carbocycles. The average Bonchev–Trinajstić information content (AvgIpc) is 2.48. The highest BCUT2D eigenvalue weighted by Crippen LogP contribution is 2.36. The lowest BCUT2D eigenvalue weighted by molar-refractivity contribution is -0.126. The van der Waals surface area contributed by atoms with Crippen molar-refractivity contribution in [2.24, 2.45) is 11.8 Å². The monoisotopic (exact) mass is 389 g/mol. The Kier molecular flexibility index (Phi) is 5.40. The molecule has 3 rings (SSSR count). The highest BCUT2D eigenvalue weighted by atomic mass is 127. The van der Waals surface area contributed by atoms with Crippen LogP contribution >= 0.6 is 22.6 Å². The molecule has 0 bridgehead atoms. The van der Waals surface area contributed by atoms with E-state index in [2.05, 4.69) is 27.5 Å². The normalized spacial score (nSPS) is 39.2. The van der Waals surface area contributed by atoms with Crippen molar-refractivity contribution in [2.75, 3.05) is 13.1 Å². The Hall–Kier alpha value is 0.360. The van der Waals surface area contributed by atoms with Gasteiger partial charge in [0.2, 0.25) is 0 Å². The number of hydrogen-bond donors (Lipinski definition) is 0. The summed E-state index contributed by atoms with van der Waals surface area (Å²) in [5.41, 5.74) is 0. The lowest BCUT2D eigenvalue weighted by atomic mass is 9.78. The first-order valence-electron chi connectivity index (χ1n) is 8.65. The maximum atomic E-state index is 12.6. The first-order valence-corrected chi connectivity index (χ1v) is 9.89. The topological polar surface area (TPSA) is 20.3 Å². The molecule has 3 heteroatoms. The molecule has 0 N–H and O–H groups in total. The zero-order valence-corrected chi connectivity index (χ0v) is 14.7. The van der Waals surface area contributed by atoms with Gasteiger partial charge in [0.15, 0.2) is 0 Å². The van der Waals surface area contributed by atoms with Crippen molar-refractivity contribution in [3.8, 4) is 0 Å². The Labute approximate surface area is 137 Å². The Morgan fingerprint density at radius 2 is 1.65 bits per heavy atom. The Morgan fingerprint density at radius 3 is 2.45 bits per heavy atom. The zero-order chi connectivity index (χ0) is 13.9. The molecule has 2 atom stereocenters. The van der Waals surface area contributed by atoms with Crippen LogP contribution in [-0.2, 0) is 4.79 Å². The van der Waals surface area contributed by atoms with E-state index >= 15 is 0 Å².